The number of hydrogen-bond acceptors (Lipinski definition) is 4. The van der Waals surface area contributed by atoms with Gasteiger partial charge in [-0.1, -0.05) is 32.3 Å². The molecule has 1 N–H and O–H groups in total. The zero-order valence-corrected chi connectivity index (χ0v) is 18.5. The fourth-order valence-corrected chi connectivity index (χ4v) is 2.89. The second-order valence-electron chi connectivity index (χ2n) is 5.67. The van der Waals surface area contributed by atoms with Gasteiger partial charge in [0.15, 0.2) is 0 Å². The van der Waals surface area contributed by atoms with E-state index in [0.717, 1.165) is 31.2 Å². The SMILES string of the molecule is CCCCCCc1cc([O-])cc(Oc2ccc(S(=O)(=O)O)cc2)c1.[K+]. The van der Waals surface area contributed by atoms with E-state index in [1.165, 1.54) is 36.8 Å². The summed E-state index contributed by atoms with van der Waals surface area (Å²) >= 11 is 0. The zero-order valence-electron chi connectivity index (χ0n) is 14.6. The maximum Gasteiger partial charge on any atom is 1.00 e. The van der Waals surface area contributed by atoms with Crippen molar-refractivity contribution < 1.29 is 74.2 Å². The van der Waals surface area contributed by atoms with Crippen molar-refractivity contribution in [1.82, 2.24) is 0 Å². The van der Waals surface area contributed by atoms with Crippen LogP contribution in [0.2, 0.25) is 0 Å². The van der Waals surface area contributed by atoms with Gasteiger partial charge in [0.25, 0.3) is 10.1 Å². The van der Waals surface area contributed by atoms with Crippen LogP contribution in [0.5, 0.6) is 17.2 Å². The number of rotatable bonds is 8. The van der Waals surface area contributed by atoms with Crippen molar-refractivity contribution in [3.8, 4) is 17.2 Å². The van der Waals surface area contributed by atoms with Crippen molar-refractivity contribution in [3.05, 3.63) is 48.0 Å². The molecule has 0 aliphatic rings. The van der Waals surface area contributed by atoms with E-state index < -0.39 is 10.1 Å². The molecule has 0 atom stereocenters. The van der Waals surface area contributed by atoms with Crippen LogP contribution in [-0.2, 0) is 16.5 Å². The number of hydrogen-bond donors (Lipinski definition) is 1. The molecule has 130 valence electrons. The third-order valence-corrected chi connectivity index (χ3v) is 4.48. The van der Waals surface area contributed by atoms with Gasteiger partial charge in [0, 0.05) is 0 Å². The summed E-state index contributed by atoms with van der Waals surface area (Å²) < 4.78 is 36.6. The topological polar surface area (TPSA) is 86.7 Å². The molecule has 2 aromatic rings. The molecular weight excluding hydrogens is 367 g/mol. The molecule has 0 heterocycles. The molecule has 5 nitrogen and oxygen atoms in total. The van der Waals surface area contributed by atoms with Crippen LogP contribution in [-0.4, -0.2) is 13.0 Å². The average Bonchev–Trinajstić information content (AvgIpc) is 2.51. The van der Waals surface area contributed by atoms with Gasteiger partial charge in [0.1, 0.15) is 11.5 Å². The summed E-state index contributed by atoms with van der Waals surface area (Å²) in [5.41, 5.74) is 0.933. The van der Waals surface area contributed by atoms with Gasteiger partial charge in [0.2, 0.25) is 0 Å². The van der Waals surface area contributed by atoms with E-state index in [4.69, 9.17) is 9.29 Å². The fraction of sp³-hybridized carbons (Fsp3) is 0.333. The Bertz CT molecular complexity index is 773. The molecule has 0 saturated carbocycles. The molecule has 25 heavy (non-hydrogen) atoms. The molecule has 0 bridgehead atoms. The Morgan fingerprint density at radius 3 is 2.28 bits per heavy atom. The number of aryl methyl sites for hydroxylation is 1. The van der Waals surface area contributed by atoms with Gasteiger partial charge in [-0.2, -0.15) is 8.42 Å². The van der Waals surface area contributed by atoms with Crippen molar-refractivity contribution in [2.45, 2.75) is 43.9 Å². The van der Waals surface area contributed by atoms with Gasteiger partial charge in [-0.05, 0) is 54.8 Å². The standard InChI is InChI=1S/C18H22O5S.K/c1-2-3-4-5-6-14-11-15(19)13-17(12-14)23-16-7-9-18(10-8-16)24(20,21)22;/h7-13,19H,2-6H2,1H3,(H,20,21,22);/q;+1/p-1. The maximum atomic E-state index is 11.8. The zero-order chi connectivity index (χ0) is 17.6. The van der Waals surface area contributed by atoms with E-state index in [9.17, 15) is 13.5 Å². The quantitative estimate of drug-likeness (QED) is 0.413. The summed E-state index contributed by atoms with van der Waals surface area (Å²) in [7, 11) is -4.23. The van der Waals surface area contributed by atoms with Crippen molar-refractivity contribution >= 4 is 10.1 Å². The average molecular weight is 389 g/mol. The summed E-state index contributed by atoms with van der Waals surface area (Å²) in [6.07, 6.45) is 5.33. The first-order chi connectivity index (χ1) is 11.4. The third kappa shape index (κ3) is 7.78. The Labute approximate surface area is 191 Å². The van der Waals surface area contributed by atoms with E-state index in [2.05, 4.69) is 6.92 Å². The van der Waals surface area contributed by atoms with Crippen LogP contribution in [0.15, 0.2) is 47.4 Å². The predicted molar refractivity (Wildman–Crippen MR) is 90.1 cm³/mol. The molecule has 0 spiro atoms. The minimum absolute atomic E-state index is 0. The molecular formula is C18H21KO5S. The van der Waals surface area contributed by atoms with Crippen molar-refractivity contribution in [3.63, 3.8) is 0 Å². The van der Waals surface area contributed by atoms with Crippen LogP contribution in [0.1, 0.15) is 38.2 Å². The van der Waals surface area contributed by atoms with E-state index in [1.807, 2.05) is 6.07 Å². The van der Waals surface area contributed by atoms with Gasteiger partial charge in [-0.15, -0.1) is 5.75 Å². The summed E-state index contributed by atoms with van der Waals surface area (Å²) in [6.45, 7) is 2.15. The summed E-state index contributed by atoms with van der Waals surface area (Å²) in [4.78, 5) is -0.205. The molecule has 0 saturated heterocycles. The molecule has 0 amide bonds. The minimum atomic E-state index is -4.23. The normalized spacial score (nSPS) is 11.0. The van der Waals surface area contributed by atoms with Crippen LogP contribution in [0.25, 0.3) is 0 Å². The molecule has 2 rings (SSSR count). The Hall–Kier alpha value is -0.414. The first-order valence-electron chi connectivity index (χ1n) is 7.95. The maximum absolute atomic E-state index is 11.8. The second-order valence-corrected chi connectivity index (χ2v) is 7.09. The molecule has 0 fully saturated rings. The van der Waals surface area contributed by atoms with Crippen molar-refractivity contribution in [2.75, 3.05) is 0 Å². The van der Waals surface area contributed by atoms with Crippen LogP contribution >= 0.6 is 0 Å². The predicted octanol–water partition coefficient (Wildman–Crippen LogP) is 0.926. The van der Waals surface area contributed by atoms with E-state index >= 15 is 0 Å². The van der Waals surface area contributed by atoms with Crippen molar-refractivity contribution in [1.29, 1.82) is 0 Å². The van der Waals surface area contributed by atoms with Crippen molar-refractivity contribution in [2.24, 2.45) is 0 Å². The van der Waals surface area contributed by atoms with Crippen LogP contribution in [0.3, 0.4) is 0 Å². The number of ether oxygens (including phenoxy) is 1. The monoisotopic (exact) mass is 388 g/mol. The van der Waals surface area contributed by atoms with Crippen LogP contribution in [0, 0.1) is 0 Å². The Kier molecular flexibility index (Phi) is 9.65. The van der Waals surface area contributed by atoms with Gasteiger partial charge in [-0.3, -0.25) is 4.55 Å². The first-order valence-corrected chi connectivity index (χ1v) is 9.39. The Balaban J connectivity index is 0.00000312. The molecule has 2 aromatic carbocycles. The van der Waals surface area contributed by atoms with Crippen LogP contribution < -0.4 is 61.2 Å². The molecule has 7 heteroatoms. The van der Waals surface area contributed by atoms with E-state index in [0.29, 0.717) is 11.5 Å². The third-order valence-electron chi connectivity index (χ3n) is 3.62. The molecule has 0 aromatic heterocycles. The molecule has 0 unspecified atom stereocenters. The van der Waals surface area contributed by atoms with Gasteiger partial charge < -0.3 is 9.84 Å². The molecule has 0 aliphatic carbocycles. The van der Waals surface area contributed by atoms with Gasteiger partial charge in [0.05, 0.1) is 4.90 Å². The Morgan fingerprint density at radius 2 is 1.68 bits per heavy atom. The fourth-order valence-electron chi connectivity index (χ4n) is 2.41. The summed E-state index contributed by atoms with van der Waals surface area (Å²) in [5.74, 6) is 0.699. The minimum Gasteiger partial charge on any atom is -0.872 e. The smallest absolute Gasteiger partial charge is 0.872 e. The van der Waals surface area contributed by atoms with Crippen LogP contribution in [0.4, 0.5) is 0 Å². The molecule has 0 radical (unpaired) electrons. The largest absolute Gasteiger partial charge is 1.00 e. The number of benzene rings is 2. The van der Waals surface area contributed by atoms with Gasteiger partial charge in [-0.25, -0.2) is 0 Å². The first kappa shape index (κ1) is 22.6. The summed E-state index contributed by atoms with van der Waals surface area (Å²) in [5, 5.41) is 11.8. The molecule has 0 aliphatic heterocycles. The van der Waals surface area contributed by atoms with Gasteiger partial charge >= 0.3 is 51.4 Å². The number of unbranched alkanes of at least 4 members (excludes halogenated alkanes) is 3. The second kappa shape index (κ2) is 10.7. The van der Waals surface area contributed by atoms with E-state index in [1.54, 1.807) is 6.07 Å². The van der Waals surface area contributed by atoms with E-state index in [-0.39, 0.29) is 62.0 Å². The Morgan fingerprint density at radius 1 is 1.00 bits per heavy atom. The summed E-state index contributed by atoms with van der Waals surface area (Å²) in [6, 6.07) is 10.2.